The number of methoxy groups -OCH3 is 1. The number of nitrogens with zero attached hydrogens (tertiary/aromatic N) is 1. The summed E-state index contributed by atoms with van der Waals surface area (Å²) in [5, 5.41) is 19.6. The fourth-order valence-corrected chi connectivity index (χ4v) is 7.12. The Morgan fingerprint density at radius 1 is 1.17 bits per heavy atom. The van der Waals surface area contributed by atoms with Gasteiger partial charge in [0.1, 0.15) is 5.82 Å². The molecule has 2 amide bonds. The first-order chi connectivity index (χ1) is 19.9. The summed E-state index contributed by atoms with van der Waals surface area (Å²) in [5.41, 5.74) is 0.226. The first-order valence-electron chi connectivity index (χ1n) is 15.3. The van der Waals surface area contributed by atoms with Crippen LogP contribution in [0.4, 0.5) is 9.18 Å². The Bertz CT molecular complexity index is 1130. The van der Waals surface area contributed by atoms with Gasteiger partial charge < -0.3 is 25.4 Å². The van der Waals surface area contributed by atoms with Crippen LogP contribution in [0.1, 0.15) is 69.8 Å². The van der Waals surface area contributed by atoms with Crippen LogP contribution in [0.3, 0.4) is 0 Å². The molecular formula is C33H47ClFN3O3. The lowest BCUT2D eigenvalue weighted by Gasteiger charge is -2.44. The number of ether oxygens (including phenoxy) is 1. The van der Waals surface area contributed by atoms with Gasteiger partial charge in [-0.1, -0.05) is 61.5 Å². The highest BCUT2D eigenvalue weighted by molar-refractivity contribution is 6.30. The van der Waals surface area contributed by atoms with E-state index in [-0.39, 0.29) is 18.0 Å². The Hall–Kier alpha value is -2.19. The highest BCUT2D eigenvalue weighted by Gasteiger charge is 2.43. The molecule has 2 aromatic carbocycles. The largest absolute Gasteiger partial charge is 0.385 e. The van der Waals surface area contributed by atoms with Crippen LogP contribution >= 0.6 is 11.6 Å². The van der Waals surface area contributed by atoms with Crippen LogP contribution in [-0.2, 0) is 10.3 Å². The Balaban J connectivity index is 1.59. The van der Waals surface area contributed by atoms with E-state index in [9.17, 15) is 9.90 Å². The number of likely N-dealkylation sites (tertiary alicyclic amines) is 1. The van der Waals surface area contributed by atoms with E-state index in [4.69, 9.17) is 16.3 Å². The number of benzene rings is 2. The van der Waals surface area contributed by atoms with Crippen molar-refractivity contribution in [1.29, 1.82) is 0 Å². The maximum atomic E-state index is 15.5. The molecule has 3 N–H and O–H groups in total. The minimum absolute atomic E-state index is 0.0709. The van der Waals surface area contributed by atoms with Crippen LogP contribution in [0, 0.1) is 17.7 Å². The lowest BCUT2D eigenvalue weighted by Crippen LogP contribution is -2.54. The van der Waals surface area contributed by atoms with E-state index in [1.54, 1.807) is 31.4 Å². The Morgan fingerprint density at radius 3 is 2.68 bits per heavy atom. The van der Waals surface area contributed by atoms with Gasteiger partial charge in [-0.15, -0.1) is 0 Å². The molecule has 2 aromatic rings. The summed E-state index contributed by atoms with van der Waals surface area (Å²) in [6.45, 7) is 2.37. The normalized spacial score (nSPS) is 20.1. The number of carbonyl (C=O) groups excluding carboxylic acids is 1. The average Bonchev–Trinajstić information content (AvgIpc) is 3.48. The molecule has 0 radical (unpaired) electrons. The maximum absolute atomic E-state index is 15.5. The van der Waals surface area contributed by atoms with E-state index in [0.29, 0.717) is 60.2 Å². The van der Waals surface area contributed by atoms with Gasteiger partial charge in [0.05, 0.1) is 5.60 Å². The van der Waals surface area contributed by atoms with Crippen molar-refractivity contribution >= 4 is 17.6 Å². The zero-order valence-electron chi connectivity index (χ0n) is 24.6. The quantitative estimate of drug-likeness (QED) is 0.227. The second-order valence-electron chi connectivity index (χ2n) is 11.9. The topological polar surface area (TPSA) is 73.8 Å². The predicted octanol–water partition coefficient (Wildman–Crippen LogP) is 6.74. The minimum atomic E-state index is -1.33. The molecule has 2 aliphatic rings. The van der Waals surface area contributed by atoms with Gasteiger partial charge in [-0.25, -0.2) is 9.18 Å². The summed E-state index contributed by atoms with van der Waals surface area (Å²) in [4.78, 5) is 15.4. The summed E-state index contributed by atoms with van der Waals surface area (Å²) >= 11 is 6.30. The number of aliphatic hydroxyl groups is 1. The number of halogens is 2. The number of likely N-dealkylation sites (N-methyl/N-ethyl adjacent to an activating group) is 1. The van der Waals surface area contributed by atoms with Gasteiger partial charge in [0, 0.05) is 55.9 Å². The van der Waals surface area contributed by atoms with Crippen LogP contribution in [0.5, 0.6) is 0 Å². The number of carbonyl (C=O) groups is 1. The molecule has 1 saturated heterocycles. The number of hydrogen-bond acceptors (Lipinski definition) is 4. The monoisotopic (exact) mass is 587 g/mol. The molecule has 226 valence electrons. The van der Waals surface area contributed by atoms with E-state index in [1.165, 1.54) is 31.7 Å². The molecule has 0 spiro atoms. The van der Waals surface area contributed by atoms with Gasteiger partial charge in [-0.3, -0.25) is 0 Å². The van der Waals surface area contributed by atoms with E-state index in [1.807, 2.05) is 24.1 Å². The number of rotatable bonds is 13. The van der Waals surface area contributed by atoms with Crippen molar-refractivity contribution in [3.63, 3.8) is 0 Å². The molecule has 1 aliphatic heterocycles. The Kier molecular flexibility index (Phi) is 11.9. The average molecular weight is 588 g/mol. The molecule has 6 nitrogen and oxygen atoms in total. The van der Waals surface area contributed by atoms with Gasteiger partial charge in [-0.2, -0.15) is 0 Å². The number of urea groups is 1. The zero-order valence-corrected chi connectivity index (χ0v) is 25.4. The van der Waals surface area contributed by atoms with Gasteiger partial charge in [0.15, 0.2) is 0 Å². The number of piperidine rings is 1. The second-order valence-corrected chi connectivity index (χ2v) is 12.4. The number of hydrogen-bond donors (Lipinski definition) is 3. The van der Waals surface area contributed by atoms with Crippen molar-refractivity contribution in [3.05, 3.63) is 58.9 Å². The summed E-state index contributed by atoms with van der Waals surface area (Å²) in [6, 6.07) is 12.0. The highest BCUT2D eigenvalue weighted by Crippen LogP contribution is 2.44. The third kappa shape index (κ3) is 8.22. The molecular weight excluding hydrogens is 541 g/mol. The first-order valence-corrected chi connectivity index (χ1v) is 15.7. The van der Waals surface area contributed by atoms with Crippen molar-refractivity contribution in [2.24, 2.45) is 11.8 Å². The van der Waals surface area contributed by atoms with Crippen molar-refractivity contribution in [3.8, 4) is 11.1 Å². The highest BCUT2D eigenvalue weighted by atomic mass is 35.5. The molecule has 0 bridgehead atoms. The van der Waals surface area contributed by atoms with E-state index in [2.05, 4.69) is 10.6 Å². The summed E-state index contributed by atoms with van der Waals surface area (Å²) < 4.78 is 20.8. The lowest BCUT2D eigenvalue weighted by atomic mass is 9.72. The molecule has 1 aliphatic carbocycles. The van der Waals surface area contributed by atoms with Crippen LogP contribution in [-0.4, -0.2) is 62.5 Å². The third-order valence-corrected chi connectivity index (χ3v) is 9.24. The van der Waals surface area contributed by atoms with Crippen molar-refractivity contribution in [2.75, 3.05) is 40.4 Å². The van der Waals surface area contributed by atoms with Crippen molar-refractivity contribution in [1.82, 2.24) is 15.5 Å². The molecule has 3 atom stereocenters. The molecule has 8 heteroatoms. The maximum Gasteiger partial charge on any atom is 0.317 e. The molecule has 0 aromatic heterocycles. The molecule has 1 heterocycles. The summed E-state index contributed by atoms with van der Waals surface area (Å²) in [5.74, 6) is 0.0204. The molecule has 1 unspecified atom stereocenters. The van der Waals surface area contributed by atoms with Crippen LogP contribution in [0.15, 0.2) is 42.5 Å². The zero-order chi connectivity index (χ0) is 29.2. The SMILES string of the molecule is CNCC(CC1CCCC1)NC(=O)N1CCC[C@@H]([C@@](O)(CCCCOC)c2cccc(F)c2-c2cccc(Cl)c2)C1. The Labute approximate surface area is 250 Å². The third-order valence-electron chi connectivity index (χ3n) is 9.00. The second kappa shape index (κ2) is 15.3. The summed E-state index contributed by atoms with van der Waals surface area (Å²) in [7, 11) is 3.59. The number of unbranched alkanes of at least 4 members (excludes halogenated alkanes) is 1. The Morgan fingerprint density at radius 2 is 1.95 bits per heavy atom. The molecule has 1 saturated carbocycles. The van der Waals surface area contributed by atoms with Crippen LogP contribution in [0.2, 0.25) is 5.02 Å². The lowest BCUT2D eigenvalue weighted by molar-refractivity contribution is -0.0561. The van der Waals surface area contributed by atoms with Crippen molar-refractivity contribution in [2.45, 2.75) is 75.9 Å². The van der Waals surface area contributed by atoms with E-state index in [0.717, 1.165) is 32.2 Å². The van der Waals surface area contributed by atoms with E-state index >= 15 is 4.39 Å². The fraction of sp³-hybridized carbons (Fsp3) is 0.606. The van der Waals surface area contributed by atoms with Crippen molar-refractivity contribution < 1.29 is 19.0 Å². The molecule has 4 rings (SSSR count). The van der Waals surface area contributed by atoms with Gasteiger partial charge >= 0.3 is 6.03 Å². The van der Waals surface area contributed by atoms with Gasteiger partial charge in [0.25, 0.3) is 0 Å². The predicted molar refractivity (Wildman–Crippen MR) is 164 cm³/mol. The van der Waals surface area contributed by atoms with Gasteiger partial charge in [-0.05, 0) is 80.8 Å². The molecule has 41 heavy (non-hydrogen) atoms. The minimum Gasteiger partial charge on any atom is -0.385 e. The molecule has 2 fully saturated rings. The number of nitrogens with one attached hydrogen (secondary N) is 2. The summed E-state index contributed by atoms with van der Waals surface area (Å²) in [6.07, 6.45) is 9.47. The van der Waals surface area contributed by atoms with Crippen LogP contribution in [0.25, 0.3) is 11.1 Å². The number of amides is 2. The van der Waals surface area contributed by atoms with Gasteiger partial charge in [0.2, 0.25) is 0 Å². The van der Waals surface area contributed by atoms with E-state index < -0.39 is 11.4 Å². The first kappa shape index (κ1) is 31.7. The smallest absolute Gasteiger partial charge is 0.317 e. The standard InChI is InChI=1S/C33H47ClFN3O3/c1-36-22-28(20-24-10-3-4-11-24)37-32(39)38-18-9-13-26(23-38)33(40,17-5-6-19-41-2)29-15-8-16-30(35)31(29)25-12-7-14-27(34)21-25/h7-8,12,14-16,21,24,26,28,36,40H,3-6,9-11,13,17-20,22-23H2,1-2H3,(H,37,39)/t26-,28?,33+/m1/s1. The fourth-order valence-electron chi connectivity index (χ4n) is 6.93. The van der Waals surface area contributed by atoms with Crippen LogP contribution < -0.4 is 10.6 Å².